The third-order valence-corrected chi connectivity index (χ3v) is 10.2. The second kappa shape index (κ2) is 5.32. The number of rotatable bonds is 4. The minimum atomic E-state index is -2.29. The fourth-order valence-corrected chi connectivity index (χ4v) is 8.92. The summed E-state index contributed by atoms with van der Waals surface area (Å²) in [7, 11) is 1.38. The zero-order valence-electron chi connectivity index (χ0n) is 11.5. The van der Waals surface area contributed by atoms with Crippen molar-refractivity contribution >= 4 is 29.7 Å². The summed E-state index contributed by atoms with van der Waals surface area (Å²) in [6.45, 7) is 0. The van der Waals surface area contributed by atoms with E-state index in [1.54, 1.807) is 0 Å². The van der Waals surface area contributed by atoms with Gasteiger partial charge in [0.25, 0.3) is 0 Å². The lowest BCUT2D eigenvalue weighted by atomic mass is 10.00. The normalized spacial score (nSPS) is 33.8. The summed E-state index contributed by atoms with van der Waals surface area (Å²) in [6, 6.07) is 10.6. The molecule has 0 spiro atoms. The van der Waals surface area contributed by atoms with E-state index in [0.717, 1.165) is 11.8 Å². The predicted octanol–water partition coefficient (Wildman–Crippen LogP) is 3.19. The van der Waals surface area contributed by atoms with E-state index in [1.807, 2.05) is 14.2 Å². The highest BCUT2D eigenvalue weighted by Crippen LogP contribution is 2.57. The first-order chi connectivity index (χ1) is 9.21. The van der Waals surface area contributed by atoms with Gasteiger partial charge < -0.3 is 8.85 Å². The Morgan fingerprint density at radius 2 is 1.68 bits per heavy atom. The molecule has 0 radical (unpaired) electrons. The Balaban J connectivity index is 1.94. The molecule has 2 fully saturated rings. The molecule has 2 nitrogen and oxygen atoms in total. The van der Waals surface area contributed by atoms with Crippen LogP contribution in [0.5, 0.6) is 0 Å². The van der Waals surface area contributed by atoms with Gasteiger partial charge in [-0.1, -0.05) is 46.3 Å². The summed E-state index contributed by atoms with van der Waals surface area (Å²) in [5.74, 6) is 1.58. The summed E-state index contributed by atoms with van der Waals surface area (Å²) in [5.41, 5.74) is 0.601. The summed E-state index contributed by atoms with van der Waals surface area (Å²) in [6.07, 6.45) is 3.88. The first kappa shape index (κ1) is 13.8. The van der Waals surface area contributed by atoms with Crippen LogP contribution >= 0.6 is 15.9 Å². The zero-order valence-corrected chi connectivity index (χ0v) is 14.1. The summed E-state index contributed by atoms with van der Waals surface area (Å²) in [5, 5.41) is 1.28. The molecule has 19 heavy (non-hydrogen) atoms. The lowest BCUT2D eigenvalue weighted by Gasteiger charge is -2.38. The topological polar surface area (TPSA) is 18.5 Å². The van der Waals surface area contributed by atoms with Crippen molar-refractivity contribution in [1.29, 1.82) is 0 Å². The Labute approximate surface area is 124 Å². The molecule has 0 aromatic heterocycles. The minimum Gasteiger partial charge on any atom is -0.394 e. The average molecular weight is 341 g/mol. The molecule has 1 aromatic rings. The van der Waals surface area contributed by atoms with Gasteiger partial charge in [-0.3, -0.25) is 0 Å². The highest BCUT2D eigenvalue weighted by atomic mass is 79.9. The Hall–Kier alpha value is -0.163. The molecule has 4 heteroatoms. The minimum absolute atomic E-state index is 0.601. The van der Waals surface area contributed by atoms with Gasteiger partial charge in [0.05, 0.1) is 0 Å². The van der Waals surface area contributed by atoms with E-state index in [2.05, 4.69) is 46.3 Å². The van der Waals surface area contributed by atoms with Crippen LogP contribution in [0.25, 0.3) is 0 Å². The van der Waals surface area contributed by atoms with Gasteiger partial charge in [-0.05, 0) is 36.3 Å². The van der Waals surface area contributed by atoms with Crippen molar-refractivity contribution in [2.24, 2.45) is 11.8 Å². The fraction of sp³-hybridized carbons (Fsp3) is 0.600. The molecular weight excluding hydrogens is 320 g/mol. The summed E-state index contributed by atoms with van der Waals surface area (Å²) in [4.78, 5) is 0.713. The molecule has 4 atom stereocenters. The van der Waals surface area contributed by atoms with Crippen molar-refractivity contribution < 1.29 is 8.85 Å². The molecule has 2 aliphatic rings. The lowest BCUT2D eigenvalue weighted by Crippen LogP contribution is -2.57. The molecule has 0 amide bonds. The molecule has 0 unspecified atom stereocenters. The van der Waals surface area contributed by atoms with Gasteiger partial charge in [0.15, 0.2) is 0 Å². The van der Waals surface area contributed by atoms with E-state index < -0.39 is 8.56 Å². The van der Waals surface area contributed by atoms with E-state index in [-0.39, 0.29) is 0 Å². The highest BCUT2D eigenvalue weighted by molar-refractivity contribution is 9.09. The molecule has 3 rings (SSSR count). The number of fused-ring (bicyclic) bond motifs is 2. The van der Waals surface area contributed by atoms with Crippen LogP contribution in [0.1, 0.15) is 19.3 Å². The predicted molar refractivity (Wildman–Crippen MR) is 83.1 cm³/mol. The SMILES string of the molecule is CO[Si](OC)(c1ccccc1)[C@@H]1C[C@@H]2C[C@H]1C[C@H]2Br. The maximum absolute atomic E-state index is 6.05. The van der Waals surface area contributed by atoms with E-state index in [0.29, 0.717) is 10.4 Å². The fourth-order valence-electron chi connectivity index (χ4n) is 4.18. The zero-order chi connectivity index (χ0) is 13.5. The van der Waals surface area contributed by atoms with Crippen molar-refractivity contribution in [1.82, 2.24) is 0 Å². The van der Waals surface area contributed by atoms with Gasteiger partial charge in [0.1, 0.15) is 0 Å². The van der Waals surface area contributed by atoms with Crippen molar-refractivity contribution in [3.8, 4) is 0 Å². The number of benzene rings is 1. The van der Waals surface area contributed by atoms with E-state index in [1.165, 1.54) is 24.4 Å². The van der Waals surface area contributed by atoms with Gasteiger partial charge in [0, 0.05) is 24.6 Å². The van der Waals surface area contributed by atoms with Crippen LogP contribution in [0.2, 0.25) is 5.54 Å². The van der Waals surface area contributed by atoms with Gasteiger partial charge in [0.2, 0.25) is 0 Å². The molecule has 2 aliphatic carbocycles. The van der Waals surface area contributed by atoms with Crippen molar-refractivity contribution in [2.45, 2.75) is 29.6 Å². The maximum Gasteiger partial charge on any atom is 0.375 e. The van der Waals surface area contributed by atoms with Crippen LogP contribution in [0.15, 0.2) is 30.3 Å². The van der Waals surface area contributed by atoms with Gasteiger partial charge in [-0.2, -0.15) is 0 Å². The van der Waals surface area contributed by atoms with Crippen molar-refractivity contribution in [3.63, 3.8) is 0 Å². The first-order valence-electron chi connectivity index (χ1n) is 7.01. The average Bonchev–Trinajstić information content (AvgIpc) is 3.02. The van der Waals surface area contributed by atoms with Gasteiger partial charge in [-0.15, -0.1) is 0 Å². The molecule has 2 saturated carbocycles. The summed E-state index contributed by atoms with van der Waals surface area (Å²) >= 11 is 3.82. The number of hydrogen-bond acceptors (Lipinski definition) is 2. The van der Waals surface area contributed by atoms with Crippen LogP contribution < -0.4 is 5.19 Å². The Morgan fingerprint density at radius 3 is 2.16 bits per heavy atom. The van der Waals surface area contributed by atoms with E-state index in [9.17, 15) is 0 Å². The quantitative estimate of drug-likeness (QED) is 0.619. The number of alkyl halides is 1. The second-order valence-electron chi connectivity index (χ2n) is 5.79. The second-order valence-corrected chi connectivity index (χ2v) is 10.4. The van der Waals surface area contributed by atoms with Crippen LogP contribution in [0.4, 0.5) is 0 Å². The Kier molecular flexibility index (Phi) is 3.86. The Morgan fingerprint density at radius 1 is 1.00 bits per heavy atom. The number of halogens is 1. The van der Waals surface area contributed by atoms with Crippen LogP contribution in [0, 0.1) is 11.8 Å². The van der Waals surface area contributed by atoms with Crippen LogP contribution in [-0.2, 0) is 8.85 Å². The molecule has 0 N–H and O–H groups in total. The smallest absolute Gasteiger partial charge is 0.375 e. The first-order valence-corrected chi connectivity index (χ1v) is 9.82. The molecular formula is C15H21BrO2Si. The molecule has 0 aliphatic heterocycles. The maximum atomic E-state index is 6.05. The lowest BCUT2D eigenvalue weighted by molar-refractivity contribution is 0.229. The van der Waals surface area contributed by atoms with Gasteiger partial charge >= 0.3 is 8.56 Å². The number of hydrogen-bond donors (Lipinski definition) is 0. The van der Waals surface area contributed by atoms with Crippen molar-refractivity contribution in [2.75, 3.05) is 14.2 Å². The molecule has 104 valence electrons. The van der Waals surface area contributed by atoms with Crippen LogP contribution in [0.3, 0.4) is 0 Å². The molecule has 1 aromatic carbocycles. The standard InChI is InChI=1S/C15H21BrO2Si/c1-17-19(18-2,13-6-4-3-5-7-13)15-10-11-8-12(15)9-14(11)16/h3-7,11-12,14-15H,8-10H2,1-2H3/t11-,12-,14+,15+/m0/s1. The Bertz CT molecular complexity index is 433. The van der Waals surface area contributed by atoms with Gasteiger partial charge in [-0.25, -0.2) is 0 Å². The molecule has 0 saturated heterocycles. The monoisotopic (exact) mass is 340 g/mol. The van der Waals surface area contributed by atoms with E-state index in [4.69, 9.17) is 8.85 Å². The molecule has 0 heterocycles. The van der Waals surface area contributed by atoms with Crippen molar-refractivity contribution in [3.05, 3.63) is 30.3 Å². The summed E-state index contributed by atoms with van der Waals surface area (Å²) < 4.78 is 12.1. The third-order valence-electron chi connectivity index (χ3n) is 5.04. The molecule has 2 bridgehead atoms. The largest absolute Gasteiger partial charge is 0.394 e. The third kappa shape index (κ3) is 2.13. The van der Waals surface area contributed by atoms with Crippen LogP contribution in [-0.4, -0.2) is 27.6 Å². The highest BCUT2D eigenvalue weighted by Gasteiger charge is 2.57. The van der Waals surface area contributed by atoms with E-state index >= 15 is 0 Å².